The van der Waals surface area contributed by atoms with Crippen LogP contribution >= 0.6 is 0 Å². The van der Waals surface area contributed by atoms with Gasteiger partial charge < -0.3 is 4.74 Å². The Morgan fingerprint density at radius 3 is 3.09 bits per heavy atom. The highest BCUT2D eigenvalue weighted by Gasteiger charge is 2.14. The van der Waals surface area contributed by atoms with Crippen molar-refractivity contribution in [3.8, 4) is 5.75 Å². The number of para-hydroxylation sites is 1. The van der Waals surface area contributed by atoms with Crippen molar-refractivity contribution in [2.75, 3.05) is 0 Å². The lowest BCUT2D eigenvalue weighted by molar-refractivity contribution is 0.235. The summed E-state index contributed by atoms with van der Waals surface area (Å²) < 4.78 is 5.58. The molecule has 1 unspecified atom stereocenters. The van der Waals surface area contributed by atoms with E-state index in [2.05, 4.69) is 19.4 Å². The van der Waals surface area contributed by atoms with Crippen LogP contribution < -0.4 is 4.74 Å². The molecule has 2 rings (SSSR count). The minimum atomic E-state index is 0.268. The fraction of sp³-hybridized carbons (Fsp3) is 0.300. The Morgan fingerprint density at radius 2 is 2.18 bits per heavy atom. The van der Waals surface area contributed by atoms with Crippen molar-refractivity contribution in [3.05, 3.63) is 36.2 Å². The molecule has 0 bridgehead atoms. The van der Waals surface area contributed by atoms with Crippen LogP contribution in [0, 0.1) is 6.42 Å². The Morgan fingerprint density at radius 1 is 1.36 bits per heavy atom. The molecule has 0 spiro atoms. The summed E-state index contributed by atoms with van der Waals surface area (Å²) in [6.45, 7) is 2.07. The molecule has 0 fully saturated rings. The molecule has 1 aliphatic rings. The largest absolute Gasteiger partial charge is 0.490 e. The highest BCUT2D eigenvalue weighted by Crippen LogP contribution is 2.25. The zero-order chi connectivity index (χ0) is 7.68. The molecule has 11 heavy (non-hydrogen) atoms. The lowest BCUT2D eigenvalue weighted by atomic mass is 10.0. The second-order valence-electron chi connectivity index (χ2n) is 2.87. The van der Waals surface area contributed by atoms with Crippen molar-refractivity contribution in [2.45, 2.75) is 19.4 Å². The third kappa shape index (κ3) is 1.23. The van der Waals surface area contributed by atoms with Gasteiger partial charge in [0, 0.05) is 6.42 Å². The van der Waals surface area contributed by atoms with E-state index in [4.69, 9.17) is 4.74 Å². The van der Waals surface area contributed by atoms with E-state index in [0.29, 0.717) is 0 Å². The number of hydrogen-bond acceptors (Lipinski definition) is 1. The Hall–Kier alpha value is -0.980. The molecule has 0 N–H and O–H groups in total. The molecule has 1 radical (unpaired) electrons. The van der Waals surface area contributed by atoms with Gasteiger partial charge in [-0.25, -0.2) is 0 Å². The fourth-order valence-electron chi connectivity index (χ4n) is 1.33. The van der Waals surface area contributed by atoms with Gasteiger partial charge in [0.25, 0.3) is 0 Å². The molecule has 1 atom stereocenters. The molecule has 1 aromatic rings. The Labute approximate surface area is 67.0 Å². The van der Waals surface area contributed by atoms with E-state index in [1.807, 2.05) is 18.2 Å². The monoisotopic (exact) mass is 147 g/mol. The van der Waals surface area contributed by atoms with Crippen LogP contribution in [0.5, 0.6) is 5.75 Å². The Bertz CT molecular complexity index is 255. The van der Waals surface area contributed by atoms with E-state index in [0.717, 1.165) is 12.2 Å². The molecule has 1 heteroatoms. The average Bonchev–Trinajstić information content (AvgIpc) is 2.04. The number of hydrogen-bond donors (Lipinski definition) is 0. The van der Waals surface area contributed by atoms with Gasteiger partial charge in [-0.2, -0.15) is 0 Å². The van der Waals surface area contributed by atoms with Crippen molar-refractivity contribution >= 4 is 0 Å². The summed E-state index contributed by atoms with van der Waals surface area (Å²) in [5.41, 5.74) is 1.30. The molecule has 1 aliphatic heterocycles. The molecule has 0 aliphatic carbocycles. The van der Waals surface area contributed by atoms with Crippen molar-refractivity contribution in [1.82, 2.24) is 0 Å². The standard InChI is InChI=1S/C10H11O/c1-8-6-7-9-4-2-3-5-10(9)11-8/h2-6,8H,7H2,1H3. The lowest BCUT2D eigenvalue weighted by Crippen LogP contribution is -2.19. The summed E-state index contributed by atoms with van der Waals surface area (Å²) in [5, 5.41) is 0. The van der Waals surface area contributed by atoms with Crippen LogP contribution in [0.1, 0.15) is 12.5 Å². The number of rotatable bonds is 0. The Balaban J connectivity index is 2.34. The van der Waals surface area contributed by atoms with Crippen LogP contribution in [0.25, 0.3) is 0 Å². The molecular formula is C10H11O. The Kier molecular flexibility index (Phi) is 1.57. The maximum Gasteiger partial charge on any atom is 0.122 e. The van der Waals surface area contributed by atoms with Gasteiger partial charge in [-0.3, -0.25) is 0 Å². The quantitative estimate of drug-likeness (QED) is 0.546. The summed E-state index contributed by atoms with van der Waals surface area (Å²) in [6, 6.07) is 8.19. The van der Waals surface area contributed by atoms with Gasteiger partial charge in [-0.05, 0) is 25.0 Å². The van der Waals surface area contributed by atoms with E-state index in [1.165, 1.54) is 5.56 Å². The number of fused-ring (bicyclic) bond motifs is 1. The van der Waals surface area contributed by atoms with Gasteiger partial charge in [0.2, 0.25) is 0 Å². The van der Waals surface area contributed by atoms with E-state index in [9.17, 15) is 0 Å². The van der Waals surface area contributed by atoms with E-state index in [-0.39, 0.29) is 6.10 Å². The SMILES string of the molecule is CC1[CH]Cc2ccccc2O1. The molecule has 57 valence electrons. The number of benzene rings is 1. The zero-order valence-electron chi connectivity index (χ0n) is 6.58. The highest BCUT2D eigenvalue weighted by atomic mass is 16.5. The van der Waals surface area contributed by atoms with Gasteiger partial charge >= 0.3 is 0 Å². The van der Waals surface area contributed by atoms with Crippen LogP contribution in [0.15, 0.2) is 24.3 Å². The van der Waals surface area contributed by atoms with Crippen molar-refractivity contribution < 1.29 is 4.74 Å². The van der Waals surface area contributed by atoms with Crippen LogP contribution in [0.2, 0.25) is 0 Å². The summed E-state index contributed by atoms with van der Waals surface area (Å²) in [7, 11) is 0. The van der Waals surface area contributed by atoms with Crippen LogP contribution in [-0.4, -0.2) is 6.10 Å². The first-order valence-electron chi connectivity index (χ1n) is 3.94. The molecule has 0 saturated heterocycles. The molecule has 1 aromatic carbocycles. The summed E-state index contributed by atoms with van der Waals surface area (Å²) in [4.78, 5) is 0. The average molecular weight is 147 g/mol. The first kappa shape index (κ1) is 6.71. The van der Waals surface area contributed by atoms with Gasteiger partial charge in [0.15, 0.2) is 0 Å². The normalized spacial score (nSPS) is 22.1. The number of ether oxygens (including phenoxy) is 1. The molecular weight excluding hydrogens is 136 g/mol. The van der Waals surface area contributed by atoms with Crippen molar-refractivity contribution in [1.29, 1.82) is 0 Å². The zero-order valence-corrected chi connectivity index (χ0v) is 6.58. The molecule has 1 nitrogen and oxygen atoms in total. The first-order valence-corrected chi connectivity index (χ1v) is 3.94. The van der Waals surface area contributed by atoms with Gasteiger partial charge in [-0.1, -0.05) is 18.2 Å². The predicted molar refractivity (Wildman–Crippen MR) is 44.5 cm³/mol. The van der Waals surface area contributed by atoms with Crippen LogP contribution in [-0.2, 0) is 6.42 Å². The molecule has 0 saturated carbocycles. The fourth-order valence-corrected chi connectivity index (χ4v) is 1.33. The summed E-state index contributed by atoms with van der Waals surface area (Å²) in [6.07, 6.45) is 3.49. The van der Waals surface area contributed by atoms with Crippen molar-refractivity contribution in [2.24, 2.45) is 0 Å². The molecule has 0 amide bonds. The van der Waals surface area contributed by atoms with E-state index < -0.39 is 0 Å². The van der Waals surface area contributed by atoms with Crippen LogP contribution in [0.4, 0.5) is 0 Å². The van der Waals surface area contributed by atoms with E-state index >= 15 is 0 Å². The predicted octanol–water partition coefficient (Wildman–Crippen LogP) is 2.21. The highest BCUT2D eigenvalue weighted by molar-refractivity contribution is 5.36. The van der Waals surface area contributed by atoms with Gasteiger partial charge in [-0.15, -0.1) is 0 Å². The molecule has 1 heterocycles. The second kappa shape index (κ2) is 2.57. The summed E-state index contributed by atoms with van der Waals surface area (Å²) >= 11 is 0. The van der Waals surface area contributed by atoms with Gasteiger partial charge in [0.05, 0.1) is 6.10 Å². The minimum Gasteiger partial charge on any atom is -0.490 e. The minimum absolute atomic E-state index is 0.268. The lowest BCUT2D eigenvalue weighted by Gasteiger charge is -2.22. The maximum absolute atomic E-state index is 5.58. The van der Waals surface area contributed by atoms with E-state index in [1.54, 1.807) is 0 Å². The molecule has 0 aromatic heterocycles. The second-order valence-corrected chi connectivity index (χ2v) is 2.87. The topological polar surface area (TPSA) is 9.23 Å². The third-order valence-electron chi connectivity index (χ3n) is 1.96. The smallest absolute Gasteiger partial charge is 0.122 e. The summed E-state index contributed by atoms with van der Waals surface area (Å²) in [5.74, 6) is 1.04. The van der Waals surface area contributed by atoms with Crippen LogP contribution in [0.3, 0.4) is 0 Å². The first-order chi connectivity index (χ1) is 5.36. The third-order valence-corrected chi connectivity index (χ3v) is 1.96. The van der Waals surface area contributed by atoms with Gasteiger partial charge in [0.1, 0.15) is 5.75 Å². The maximum atomic E-state index is 5.58. The van der Waals surface area contributed by atoms with Crippen molar-refractivity contribution in [3.63, 3.8) is 0 Å².